The Morgan fingerprint density at radius 2 is 1.72 bits per heavy atom. The molecule has 7 nitrogen and oxygen atoms in total. The summed E-state index contributed by atoms with van der Waals surface area (Å²) in [4.78, 5) is 0. The zero-order valence-corrected chi connectivity index (χ0v) is 14.9. The van der Waals surface area contributed by atoms with Gasteiger partial charge in [-0.15, -0.1) is 0 Å². The van der Waals surface area contributed by atoms with E-state index in [4.69, 9.17) is 10.00 Å². The lowest BCUT2D eigenvalue weighted by atomic mass is 9.74. The van der Waals surface area contributed by atoms with Crippen LogP contribution in [0.2, 0.25) is 0 Å². The van der Waals surface area contributed by atoms with Crippen molar-refractivity contribution in [3.05, 3.63) is 40.5 Å². The molecule has 11 heteroatoms. The molecule has 0 amide bonds. The van der Waals surface area contributed by atoms with Gasteiger partial charge in [0.05, 0.1) is 34.0 Å². The molecule has 2 aliphatic heterocycles. The number of fused-ring (bicyclic) bond motifs is 5. The van der Waals surface area contributed by atoms with E-state index < -0.39 is 52.2 Å². The Balaban J connectivity index is 2.01. The number of nitrogens with zero attached hydrogens (tertiary/aromatic N) is 2. The van der Waals surface area contributed by atoms with Crippen molar-refractivity contribution in [3.63, 3.8) is 0 Å². The number of aliphatic hydroxyl groups is 2. The number of hydrogen-bond donors (Lipinski definition) is 4. The summed E-state index contributed by atoms with van der Waals surface area (Å²) in [6.07, 6.45) is -7.31. The molecule has 0 spiro atoms. The average Bonchev–Trinajstić information content (AvgIpc) is 3.09. The molecule has 29 heavy (non-hydrogen) atoms. The first-order valence-corrected chi connectivity index (χ1v) is 8.30. The minimum Gasteiger partial charge on any atom is -0.494 e. The van der Waals surface area contributed by atoms with Crippen molar-refractivity contribution >= 4 is 0 Å². The lowest BCUT2D eigenvalue weighted by Crippen LogP contribution is -2.55. The number of ether oxygens (including phenoxy) is 1. The Labute approximate surface area is 160 Å². The molecule has 0 saturated carbocycles. The minimum absolute atomic E-state index is 0.304. The third-order valence-corrected chi connectivity index (χ3v) is 5.74. The van der Waals surface area contributed by atoms with E-state index >= 15 is 0 Å². The van der Waals surface area contributed by atoms with E-state index in [1.165, 1.54) is 6.07 Å². The van der Waals surface area contributed by atoms with Gasteiger partial charge >= 0.3 is 6.18 Å². The van der Waals surface area contributed by atoms with E-state index in [9.17, 15) is 38.0 Å². The molecule has 0 unspecified atom stereocenters. The monoisotopic (exact) mass is 414 g/mol. The van der Waals surface area contributed by atoms with Gasteiger partial charge in [-0.1, -0.05) is 0 Å². The molecule has 1 aromatic heterocycles. The predicted octanol–water partition coefficient (Wildman–Crippen LogP) is 2.27. The van der Waals surface area contributed by atoms with Crippen LogP contribution in [0.3, 0.4) is 0 Å². The second-order valence-corrected chi connectivity index (χ2v) is 7.40. The van der Waals surface area contributed by atoms with Gasteiger partial charge in [-0.2, -0.15) is 18.4 Å². The lowest BCUT2D eigenvalue weighted by Gasteiger charge is -2.35. The molecule has 1 aromatic carbocycles. The minimum atomic E-state index is -4.89. The summed E-state index contributed by atoms with van der Waals surface area (Å²) in [5.41, 5.74) is -7.26. The van der Waals surface area contributed by atoms with E-state index in [0.29, 0.717) is 10.6 Å². The molecule has 0 aliphatic carbocycles. The number of hydrogen-bond acceptors (Lipinski definition) is 6. The second kappa shape index (κ2) is 5.21. The van der Waals surface area contributed by atoms with E-state index in [1.54, 1.807) is 0 Å². The van der Waals surface area contributed by atoms with Crippen molar-refractivity contribution in [1.29, 1.82) is 5.26 Å². The highest BCUT2D eigenvalue weighted by molar-refractivity contribution is 5.63. The van der Waals surface area contributed by atoms with Crippen LogP contribution in [-0.4, -0.2) is 37.0 Å². The van der Waals surface area contributed by atoms with Gasteiger partial charge < -0.3 is 25.2 Å². The first-order valence-electron chi connectivity index (χ1n) is 8.30. The fourth-order valence-corrected chi connectivity index (χ4v) is 4.31. The molecule has 4 N–H and O–H groups in total. The normalized spacial score (nSPS) is 29.7. The molecule has 1 fully saturated rings. The molecular weight excluding hydrogens is 400 g/mol. The molecule has 3 atom stereocenters. The predicted molar refractivity (Wildman–Crippen MR) is 86.7 cm³/mol. The molecule has 154 valence electrons. The quantitative estimate of drug-likeness (QED) is 0.420. The lowest BCUT2D eigenvalue weighted by molar-refractivity contribution is -0.258. The van der Waals surface area contributed by atoms with Crippen LogP contribution in [0.1, 0.15) is 36.1 Å². The van der Waals surface area contributed by atoms with Gasteiger partial charge in [0, 0.05) is 0 Å². The average molecular weight is 414 g/mol. The maximum Gasteiger partial charge on any atom is 0.417 e. The summed E-state index contributed by atoms with van der Waals surface area (Å²) in [6, 6.07) is 3.86. The topological polar surface area (TPSA) is 119 Å². The molecular formula is C18H14F4N2O5. The van der Waals surface area contributed by atoms with E-state index in [2.05, 4.69) is 0 Å². The van der Waals surface area contributed by atoms with Crippen LogP contribution < -0.4 is 0 Å². The summed E-state index contributed by atoms with van der Waals surface area (Å²) in [7, 11) is 0. The molecule has 2 bridgehead atoms. The standard InChI is InChI=1S/C18H14F4N2O5/c1-15-10-11(16(2,29-15)17(27,28)14(15)19)13(26)24(12(10)25)8-4-3-7(6-23)9(5-8)18(20,21)22/h3-5,14,25-28H,1-2H3/t14-,15-,16+/m0/s1. The van der Waals surface area contributed by atoms with Crippen LogP contribution in [0.5, 0.6) is 11.8 Å². The highest BCUT2D eigenvalue weighted by atomic mass is 19.4. The van der Waals surface area contributed by atoms with Crippen LogP contribution in [0.25, 0.3) is 5.69 Å². The van der Waals surface area contributed by atoms with Crippen molar-refractivity contribution < 1.29 is 42.7 Å². The summed E-state index contributed by atoms with van der Waals surface area (Å²) in [6.45, 7) is 2.21. The van der Waals surface area contributed by atoms with Crippen LogP contribution >= 0.6 is 0 Å². The smallest absolute Gasteiger partial charge is 0.417 e. The van der Waals surface area contributed by atoms with Gasteiger partial charge in [-0.3, -0.25) is 4.57 Å². The Hall–Kier alpha value is -2.81. The first kappa shape index (κ1) is 19.5. The number of nitriles is 1. The van der Waals surface area contributed by atoms with Crippen molar-refractivity contribution in [3.8, 4) is 23.5 Å². The molecule has 3 heterocycles. The highest BCUT2D eigenvalue weighted by Gasteiger charge is 2.77. The summed E-state index contributed by atoms with van der Waals surface area (Å²) < 4.78 is 60.6. The van der Waals surface area contributed by atoms with Crippen LogP contribution in [-0.2, 0) is 22.1 Å². The number of aromatic nitrogens is 1. The Morgan fingerprint density at radius 3 is 2.28 bits per heavy atom. The first-order chi connectivity index (χ1) is 13.2. The Kier molecular flexibility index (Phi) is 3.50. The van der Waals surface area contributed by atoms with Crippen molar-refractivity contribution in [2.75, 3.05) is 0 Å². The van der Waals surface area contributed by atoms with Crippen LogP contribution in [0.4, 0.5) is 17.6 Å². The fraction of sp³-hybridized carbons (Fsp3) is 0.389. The SMILES string of the molecule is C[C@]12O[C@](C)(c3c1c(O)n(-c1ccc(C#N)c(C(F)(F)F)c1)c3O)C(O)(O)[C@H]2F. The zero-order valence-electron chi connectivity index (χ0n) is 14.9. The summed E-state index contributed by atoms with van der Waals surface area (Å²) >= 11 is 0. The van der Waals surface area contributed by atoms with E-state index in [0.717, 1.165) is 26.0 Å². The third-order valence-electron chi connectivity index (χ3n) is 5.74. The van der Waals surface area contributed by atoms with Gasteiger partial charge in [0.25, 0.3) is 0 Å². The molecule has 2 aromatic rings. The Morgan fingerprint density at radius 1 is 1.14 bits per heavy atom. The van der Waals surface area contributed by atoms with Gasteiger partial charge in [0.15, 0.2) is 11.8 Å². The number of halogens is 4. The van der Waals surface area contributed by atoms with Gasteiger partial charge in [0.1, 0.15) is 5.60 Å². The van der Waals surface area contributed by atoms with Gasteiger partial charge in [-0.05, 0) is 32.0 Å². The third kappa shape index (κ3) is 2.06. The number of aromatic hydroxyl groups is 2. The van der Waals surface area contributed by atoms with Crippen LogP contribution in [0, 0.1) is 11.3 Å². The van der Waals surface area contributed by atoms with E-state index in [-0.39, 0.29) is 16.8 Å². The number of benzene rings is 1. The highest BCUT2D eigenvalue weighted by Crippen LogP contribution is 2.67. The van der Waals surface area contributed by atoms with Gasteiger partial charge in [0.2, 0.25) is 17.5 Å². The maximum absolute atomic E-state index is 14.7. The molecule has 1 saturated heterocycles. The van der Waals surface area contributed by atoms with Crippen molar-refractivity contribution in [2.45, 2.75) is 43.2 Å². The summed E-state index contributed by atoms with van der Waals surface area (Å²) in [5.74, 6) is -4.73. The van der Waals surface area contributed by atoms with E-state index in [1.807, 2.05) is 0 Å². The number of alkyl halides is 4. The molecule has 0 radical (unpaired) electrons. The second-order valence-electron chi connectivity index (χ2n) is 7.40. The Bertz CT molecular complexity index is 1100. The largest absolute Gasteiger partial charge is 0.494 e. The number of rotatable bonds is 1. The maximum atomic E-state index is 14.7. The summed E-state index contributed by atoms with van der Waals surface area (Å²) in [5, 5.41) is 50.6. The van der Waals surface area contributed by atoms with Crippen molar-refractivity contribution in [1.82, 2.24) is 4.57 Å². The fourth-order valence-electron chi connectivity index (χ4n) is 4.31. The van der Waals surface area contributed by atoms with Crippen molar-refractivity contribution in [2.24, 2.45) is 0 Å². The molecule has 4 rings (SSSR count). The zero-order chi connectivity index (χ0) is 21.7. The van der Waals surface area contributed by atoms with Gasteiger partial charge in [-0.25, -0.2) is 4.39 Å². The van der Waals surface area contributed by atoms with Crippen LogP contribution in [0.15, 0.2) is 18.2 Å². The molecule has 2 aliphatic rings.